The summed E-state index contributed by atoms with van der Waals surface area (Å²) >= 11 is 18.5. The predicted molar refractivity (Wildman–Crippen MR) is 116 cm³/mol. The van der Waals surface area contributed by atoms with Crippen LogP contribution in [-0.4, -0.2) is 41.6 Å². The van der Waals surface area contributed by atoms with Gasteiger partial charge in [-0.2, -0.15) is 0 Å². The fraction of sp³-hybridized carbons (Fsp3) is 0.350. The summed E-state index contributed by atoms with van der Waals surface area (Å²) in [5.41, 5.74) is 1.81. The first-order valence-corrected chi connectivity index (χ1v) is 10.3. The van der Waals surface area contributed by atoms with Gasteiger partial charge in [-0.1, -0.05) is 46.9 Å². The van der Waals surface area contributed by atoms with Crippen LogP contribution in [-0.2, 0) is 6.54 Å². The van der Waals surface area contributed by atoms with Crippen molar-refractivity contribution < 1.29 is 5.21 Å². The predicted octanol–water partition coefficient (Wildman–Crippen LogP) is 5.33. The van der Waals surface area contributed by atoms with E-state index in [0.29, 0.717) is 33.1 Å². The van der Waals surface area contributed by atoms with Gasteiger partial charge in [0.05, 0.1) is 28.0 Å². The van der Waals surface area contributed by atoms with E-state index < -0.39 is 5.54 Å². The Morgan fingerprint density at radius 2 is 1.82 bits per heavy atom. The van der Waals surface area contributed by atoms with Crippen LogP contribution in [0.25, 0.3) is 0 Å². The van der Waals surface area contributed by atoms with Crippen LogP contribution < -0.4 is 10.4 Å². The number of hydrogen-bond acceptors (Lipinski definition) is 4. The smallest absolute Gasteiger partial charge is 0.155 e. The van der Waals surface area contributed by atoms with Crippen LogP contribution in [0.1, 0.15) is 18.4 Å². The zero-order chi connectivity index (χ0) is 19.9. The molecule has 8 heteroatoms. The first kappa shape index (κ1) is 19.8. The number of anilines is 2. The van der Waals surface area contributed by atoms with E-state index in [-0.39, 0.29) is 0 Å². The van der Waals surface area contributed by atoms with E-state index in [4.69, 9.17) is 39.8 Å². The summed E-state index contributed by atoms with van der Waals surface area (Å²) < 4.78 is 0. The lowest BCUT2D eigenvalue weighted by atomic mass is 9.83. The van der Waals surface area contributed by atoms with Crippen molar-refractivity contribution in [3.8, 4) is 0 Å². The summed E-state index contributed by atoms with van der Waals surface area (Å²) in [4.78, 5) is 7.08. The van der Waals surface area contributed by atoms with Crippen molar-refractivity contribution >= 4 is 52.0 Å². The van der Waals surface area contributed by atoms with Gasteiger partial charge in [-0.25, -0.2) is 5.06 Å². The minimum Gasteiger partial charge on any atom is -0.371 e. The maximum Gasteiger partial charge on any atom is 0.155 e. The SMILES string of the molecule is CN1CCC2(CC1)Nc1cc(Cl)c(Cl)cc1N(O)/C2=N/Cc1cccc(Cl)c1. The molecule has 0 amide bonds. The quantitative estimate of drug-likeness (QED) is 0.664. The summed E-state index contributed by atoms with van der Waals surface area (Å²) in [6.45, 7) is 2.21. The molecule has 0 bridgehead atoms. The Balaban J connectivity index is 1.75. The van der Waals surface area contributed by atoms with Gasteiger partial charge in [0.25, 0.3) is 0 Å². The molecule has 0 radical (unpaired) electrons. The fourth-order valence-electron chi connectivity index (χ4n) is 3.81. The van der Waals surface area contributed by atoms with Gasteiger partial charge in [0.15, 0.2) is 5.84 Å². The molecule has 1 fully saturated rings. The number of halogens is 3. The van der Waals surface area contributed by atoms with E-state index in [0.717, 1.165) is 42.2 Å². The van der Waals surface area contributed by atoms with Crippen LogP contribution >= 0.6 is 34.8 Å². The Bertz CT molecular complexity index is 926. The highest BCUT2D eigenvalue weighted by Gasteiger charge is 2.45. The van der Waals surface area contributed by atoms with Gasteiger partial charge in [-0.3, -0.25) is 10.2 Å². The van der Waals surface area contributed by atoms with E-state index in [1.54, 1.807) is 12.1 Å². The van der Waals surface area contributed by atoms with Crippen molar-refractivity contribution in [2.45, 2.75) is 24.9 Å². The topological polar surface area (TPSA) is 51.1 Å². The summed E-state index contributed by atoms with van der Waals surface area (Å²) in [6.07, 6.45) is 1.63. The molecule has 1 saturated heterocycles. The summed E-state index contributed by atoms with van der Waals surface area (Å²) in [5, 5.41) is 17.3. The average Bonchev–Trinajstić information content (AvgIpc) is 2.66. The molecular weight excluding hydrogens is 419 g/mol. The summed E-state index contributed by atoms with van der Waals surface area (Å²) in [6, 6.07) is 11.0. The zero-order valence-corrected chi connectivity index (χ0v) is 17.7. The molecule has 0 aliphatic carbocycles. The standard InChI is InChI=1S/C20H21Cl3N4O/c1-26-7-5-20(6-8-26)19(24-12-13-3-2-4-14(21)9-13)27(28)18-11-16(23)15(22)10-17(18)25-20/h2-4,9-11,25,28H,5-8,12H2,1H3/b24-19+. The van der Waals surface area contributed by atoms with Crippen molar-refractivity contribution in [2.24, 2.45) is 4.99 Å². The number of fused-ring (bicyclic) bond motifs is 1. The number of benzene rings is 2. The Morgan fingerprint density at radius 1 is 1.11 bits per heavy atom. The molecule has 2 aliphatic rings. The molecule has 0 atom stereocenters. The molecule has 5 nitrogen and oxygen atoms in total. The number of hydrogen-bond donors (Lipinski definition) is 2. The lowest BCUT2D eigenvalue weighted by molar-refractivity contribution is 0.225. The molecule has 148 valence electrons. The van der Waals surface area contributed by atoms with Gasteiger partial charge in [-0.05, 0) is 49.7 Å². The third-order valence-corrected chi connectivity index (χ3v) is 6.37. The number of likely N-dealkylation sites (tertiary alicyclic amines) is 1. The maximum atomic E-state index is 11.1. The minimum atomic E-state index is -0.468. The largest absolute Gasteiger partial charge is 0.371 e. The van der Waals surface area contributed by atoms with Crippen molar-refractivity contribution in [1.29, 1.82) is 0 Å². The van der Waals surface area contributed by atoms with Gasteiger partial charge in [0, 0.05) is 18.1 Å². The van der Waals surface area contributed by atoms with Gasteiger partial charge < -0.3 is 10.2 Å². The Kier molecular flexibility index (Phi) is 5.47. The van der Waals surface area contributed by atoms with E-state index in [1.807, 2.05) is 24.3 Å². The van der Waals surface area contributed by atoms with Crippen LogP contribution in [0.3, 0.4) is 0 Å². The Morgan fingerprint density at radius 3 is 2.54 bits per heavy atom. The maximum absolute atomic E-state index is 11.1. The zero-order valence-electron chi connectivity index (χ0n) is 15.4. The molecule has 2 heterocycles. The van der Waals surface area contributed by atoms with Crippen molar-refractivity contribution in [3.63, 3.8) is 0 Å². The molecule has 0 saturated carbocycles. The van der Waals surface area contributed by atoms with Crippen LogP contribution in [0.5, 0.6) is 0 Å². The van der Waals surface area contributed by atoms with Crippen LogP contribution in [0.4, 0.5) is 11.4 Å². The molecule has 2 N–H and O–H groups in total. The molecule has 0 aromatic heterocycles. The van der Waals surface area contributed by atoms with Gasteiger partial charge in [0.2, 0.25) is 0 Å². The van der Waals surface area contributed by atoms with Gasteiger partial charge >= 0.3 is 0 Å². The van der Waals surface area contributed by atoms with Crippen LogP contribution in [0.2, 0.25) is 15.1 Å². The molecule has 2 aromatic carbocycles. The second kappa shape index (κ2) is 7.73. The van der Waals surface area contributed by atoms with Crippen molar-refractivity contribution in [3.05, 3.63) is 57.0 Å². The lowest BCUT2D eigenvalue weighted by Gasteiger charge is -2.48. The Labute approximate surface area is 179 Å². The third-order valence-electron chi connectivity index (χ3n) is 5.41. The first-order chi connectivity index (χ1) is 13.4. The molecule has 2 aromatic rings. The van der Waals surface area contributed by atoms with E-state index >= 15 is 0 Å². The minimum absolute atomic E-state index is 0.384. The normalized spacial score (nSPS) is 20.3. The summed E-state index contributed by atoms with van der Waals surface area (Å²) in [7, 11) is 2.10. The van der Waals surface area contributed by atoms with Crippen molar-refractivity contribution in [2.75, 3.05) is 30.5 Å². The first-order valence-electron chi connectivity index (χ1n) is 9.12. The van der Waals surface area contributed by atoms with Crippen LogP contribution in [0, 0.1) is 0 Å². The highest BCUT2D eigenvalue weighted by Crippen LogP contribution is 2.43. The van der Waals surface area contributed by atoms with Gasteiger partial charge in [0.1, 0.15) is 5.54 Å². The van der Waals surface area contributed by atoms with E-state index in [2.05, 4.69) is 17.3 Å². The highest BCUT2D eigenvalue weighted by atomic mass is 35.5. The molecule has 0 unspecified atom stereocenters. The second-order valence-corrected chi connectivity index (χ2v) is 8.63. The average molecular weight is 440 g/mol. The summed E-state index contributed by atoms with van der Waals surface area (Å²) in [5.74, 6) is 0.589. The lowest BCUT2D eigenvalue weighted by Crippen LogP contribution is -2.61. The number of piperidine rings is 1. The van der Waals surface area contributed by atoms with E-state index in [1.165, 1.54) is 0 Å². The fourth-order valence-corrected chi connectivity index (χ4v) is 4.35. The second-order valence-electron chi connectivity index (χ2n) is 7.38. The highest BCUT2D eigenvalue weighted by molar-refractivity contribution is 6.42. The third kappa shape index (κ3) is 3.70. The number of nitrogens with zero attached hydrogens (tertiary/aromatic N) is 3. The van der Waals surface area contributed by atoms with E-state index in [9.17, 15) is 5.21 Å². The number of aliphatic imine (C=N–C) groups is 1. The Hall–Kier alpha value is -1.50. The molecule has 28 heavy (non-hydrogen) atoms. The van der Waals surface area contributed by atoms with Crippen molar-refractivity contribution in [1.82, 2.24) is 4.90 Å². The molecule has 4 rings (SSSR count). The monoisotopic (exact) mass is 438 g/mol. The van der Waals surface area contributed by atoms with Crippen LogP contribution in [0.15, 0.2) is 41.4 Å². The van der Waals surface area contributed by atoms with Gasteiger partial charge in [-0.15, -0.1) is 0 Å². The number of hydroxylamine groups is 1. The number of rotatable bonds is 2. The molecular formula is C20H21Cl3N4O. The number of nitrogens with one attached hydrogen (secondary N) is 1. The molecule has 1 spiro atoms. The number of amidine groups is 1. The molecule has 2 aliphatic heterocycles.